The van der Waals surface area contributed by atoms with E-state index in [-0.39, 0.29) is 23.4 Å². The fourth-order valence-corrected chi connectivity index (χ4v) is 5.06. The number of aromatic nitrogens is 1. The lowest BCUT2D eigenvalue weighted by atomic mass is 9.78. The lowest BCUT2D eigenvalue weighted by Crippen LogP contribution is -2.27. The van der Waals surface area contributed by atoms with Crippen molar-refractivity contribution in [1.29, 1.82) is 0 Å². The van der Waals surface area contributed by atoms with Crippen LogP contribution >= 0.6 is 0 Å². The molecule has 3 atom stereocenters. The van der Waals surface area contributed by atoms with Gasteiger partial charge in [0.05, 0.1) is 16.4 Å². The molecule has 0 saturated heterocycles. The zero-order chi connectivity index (χ0) is 20.3. The first-order valence-electron chi connectivity index (χ1n) is 9.75. The van der Waals surface area contributed by atoms with Gasteiger partial charge in [-0.15, -0.1) is 0 Å². The minimum Gasteiger partial charge on any atom is -0.512 e. The lowest BCUT2D eigenvalue weighted by molar-refractivity contribution is -0.115. The maximum Gasteiger partial charge on any atom is 0.167 e. The van der Waals surface area contributed by atoms with E-state index in [9.17, 15) is 14.1 Å². The van der Waals surface area contributed by atoms with Crippen LogP contribution in [0.4, 0.5) is 0 Å². The van der Waals surface area contributed by atoms with Gasteiger partial charge in [-0.2, -0.15) is 0 Å². The predicted molar refractivity (Wildman–Crippen MR) is 113 cm³/mol. The molecule has 28 heavy (non-hydrogen) atoms. The highest BCUT2D eigenvalue weighted by molar-refractivity contribution is 7.84. The van der Waals surface area contributed by atoms with Crippen LogP contribution in [0.3, 0.4) is 0 Å². The smallest absolute Gasteiger partial charge is 0.167 e. The van der Waals surface area contributed by atoms with Crippen LogP contribution in [0.1, 0.15) is 43.4 Å². The first kappa shape index (κ1) is 20.5. The van der Waals surface area contributed by atoms with Gasteiger partial charge >= 0.3 is 0 Å². The highest BCUT2D eigenvalue weighted by atomic mass is 32.2. The van der Waals surface area contributed by atoms with Crippen LogP contribution in [0.2, 0.25) is 0 Å². The van der Waals surface area contributed by atoms with Gasteiger partial charge in [-0.25, -0.2) is 4.98 Å². The molecule has 0 spiro atoms. The van der Waals surface area contributed by atoms with E-state index >= 15 is 0 Å². The van der Waals surface area contributed by atoms with Gasteiger partial charge in [-0.05, 0) is 47.9 Å². The number of rotatable bonds is 6. The third-order valence-corrected chi connectivity index (χ3v) is 7.01. The van der Waals surface area contributed by atoms with E-state index in [1.165, 1.54) is 0 Å². The van der Waals surface area contributed by atoms with Crippen molar-refractivity contribution in [3.05, 3.63) is 65.0 Å². The van der Waals surface area contributed by atoms with Crippen LogP contribution in [0, 0.1) is 18.8 Å². The van der Waals surface area contributed by atoms with E-state index in [4.69, 9.17) is 0 Å². The summed E-state index contributed by atoms with van der Waals surface area (Å²) in [6.45, 7) is 5.99. The summed E-state index contributed by atoms with van der Waals surface area (Å²) in [7, 11) is -1.22. The second-order valence-electron chi connectivity index (χ2n) is 7.59. The van der Waals surface area contributed by atoms with Crippen molar-refractivity contribution in [2.75, 3.05) is 5.75 Å². The molecule has 4 nitrogen and oxygen atoms in total. The molecule has 1 N–H and O–H groups in total. The molecular formula is C23H27NO3S. The lowest BCUT2D eigenvalue weighted by Gasteiger charge is -2.28. The first-order chi connectivity index (χ1) is 13.4. The Morgan fingerprint density at radius 1 is 1.21 bits per heavy atom. The largest absolute Gasteiger partial charge is 0.512 e. The molecule has 2 aromatic rings. The number of hydrogen-bond acceptors (Lipinski definition) is 4. The van der Waals surface area contributed by atoms with Crippen molar-refractivity contribution in [2.24, 2.45) is 11.8 Å². The average molecular weight is 398 g/mol. The van der Waals surface area contributed by atoms with Crippen LogP contribution in [-0.2, 0) is 22.0 Å². The van der Waals surface area contributed by atoms with Gasteiger partial charge in [-0.1, -0.05) is 44.2 Å². The molecular weight excluding hydrogens is 370 g/mol. The number of nitrogens with zero attached hydrogens (tertiary/aromatic N) is 1. The summed E-state index contributed by atoms with van der Waals surface area (Å²) in [5.74, 6) is 0.591. The van der Waals surface area contributed by atoms with Crippen molar-refractivity contribution in [3.63, 3.8) is 0 Å². The minimum atomic E-state index is -1.22. The van der Waals surface area contributed by atoms with E-state index < -0.39 is 10.8 Å². The Labute approximate surface area is 169 Å². The molecule has 0 radical (unpaired) electrons. The monoisotopic (exact) mass is 397 g/mol. The summed E-state index contributed by atoms with van der Waals surface area (Å²) >= 11 is 0. The quantitative estimate of drug-likeness (QED) is 0.771. The number of aryl methyl sites for hydroxylation is 2. The second kappa shape index (κ2) is 8.82. The molecule has 5 heteroatoms. The zero-order valence-corrected chi connectivity index (χ0v) is 17.5. The summed E-state index contributed by atoms with van der Waals surface area (Å²) in [5, 5.41) is 11.3. The SMILES string of the molecule is CCc1ccccc1C1=C(O)CC(C(C)CS(=O)c2ccc(C)cn2)CC1=O. The highest BCUT2D eigenvalue weighted by Crippen LogP contribution is 2.37. The van der Waals surface area contributed by atoms with E-state index in [0.29, 0.717) is 29.2 Å². The molecule has 0 saturated carbocycles. The standard InChI is InChI=1S/C23H27NO3S/c1-4-17-7-5-6-8-19(17)23-20(25)11-18(12-21(23)26)16(3)14-28(27)22-10-9-15(2)13-24-22/h5-10,13,16,18,25H,4,11-12,14H2,1-3H3. The van der Waals surface area contributed by atoms with Gasteiger partial charge < -0.3 is 5.11 Å². The fourth-order valence-electron chi connectivity index (χ4n) is 3.75. The topological polar surface area (TPSA) is 67.3 Å². The maximum absolute atomic E-state index is 12.9. The molecule has 0 amide bonds. The minimum absolute atomic E-state index is 0.0144. The third kappa shape index (κ3) is 4.41. The maximum atomic E-state index is 12.9. The molecule has 0 fully saturated rings. The molecule has 3 unspecified atom stereocenters. The fraction of sp³-hybridized carbons (Fsp3) is 0.391. The third-order valence-electron chi connectivity index (χ3n) is 5.47. The normalized spacial score (nSPS) is 19.5. The number of allylic oxidation sites excluding steroid dienone is 2. The second-order valence-corrected chi connectivity index (χ2v) is 9.03. The van der Waals surface area contributed by atoms with Gasteiger partial charge in [0.2, 0.25) is 0 Å². The number of pyridine rings is 1. The molecule has 148 valence electrons. The molecule has 1 heterocycles. The van der Waals surface area contributed by atoms with Gasteiger partial charge in [0.15, 0.2) is 5.78 Å². The van der Waals surface area contributed by atoms with Gasteiger partial charge in [0.25, 0.3) is 0 Å². The number of carbonyl (C=O) groups is 1. The number of Topliss-reactive ketones (excluding diaryl/α,β-unsaturated/α-hetero) is 1. The average Bonchev–Trinajstić information content (AvgIpc) is 2.68. The van der Waals surface area contributed by atoms with Crippen LogP contribution in [0.5, 0.6) is 0 Å². The predicted octanol–water partition coefficient (Wildman–Crippen LogP) is 4.64. The molecule has 1 aromatic heterocycles. The van der Waals surface area contributed by atoms with E-state index in [0.717, 1.165) is 23.1 Å². The Morgan fingerprint density at radius 2 is 1.96 bits per heavy atom. The van der Waals surface area contributed by atoms with Crippen LogP contribution < -0.4 is 0 Å². The Morgan fingerprint density at radius 3 is 2.61 bits per heavy atom. The number of ketones is 1. The van der Waals surface area contributed by atoms with E-state index in [1.54, 1.807) is 12.3 Å². The van der Waals surface area contributed by atoms with Crippen molar-refractivity contribution in [2.45, 2.75) is 45.1 Å². The number of aliphatic hydroxyl groups is 1. The number of hydrogen-bond donors (Lipinski definition) is 1. The van der Waals surface area contributed by atoms with Crippen molar-refractivity contribution < 1.29 is 14.1 Å². The summed E-state index contributed by atoms with van der Waals surface area (Å²) < 4.78 is 12.6. The molecule has 0 bridgehead atoms. The molecule has 1 aliphatic carbocycles. The molecule has 1 aromatic carbocycles. The van der Waals surface area contributed by atoms with Gasteiger partial charge in [-0.3, -0.25) is 9.00 Å². The van der Waals surface area contributed by atoms with E-state index in [2.05, 4.69) is 4.98 Å². The first-order valence-corrected chi connectivity index (χ1v) is 11.1. The summed E-state index contributed by atoms with van der Waals surface area (Å²) in [4.78, 5) is 17.1. The zero-order valence-electron chi connectivity index (χ0n) is 16.6. The van der Waals surface area contributed by atoms with Crippen LogP contribution in [0.15, 0.2) is 53.4 Å². The van der Waals surface area contributed by atoms with Crippen molar-refractivity contribution >= 4 is 22.2 Å². The number of carbonyl (C=O) groups excluding carboxylic acids is 1. The van der Waals surface area contributed by atoms with Crippen LogP contribution in [-0.4, -0.2) is 25.8 Å². The van der Waals surface area contributed by atoms with Crippen LogP contribution in [0.25, 0.3) is 5.57 Å². The molecule has 0 aliphatic heterocycles. The number of aliphatic hydroxyl groups excluding tert-OH is 1. The Kier molecular flexibility index (Phi) is 6.45. The highest BCUT2D eigenvalue weighted by Gasteiger charge is 2.33. The molecule has 1 aliphatic rings. The Balaban J connectivity index is 1.75. The molecule has 3 rings (SSSR count). The Bertz CT molecular complexity index is 918. The number of benzene rings is 1. The van der Waals surface area contributed by atoms with Crippen molar-refractivity contribution in [3.8, 4) is 0 Å². The Hall–Kier alpha value is -2.27. The summed E-state index contributed by atoms with van der Waals surface area (Å²) in [6, 6.07) is 11.4. The summed E-state index contributed by atoms with van der Waals surface area (Å²) in [5.41, 5.74) is 3.39. The van der Waals surface area contributed by atoms with Gasteiger partial charge in [0.1, 0.15) is 10.8 Å². The van der Waals surface area contributed by atoms with E-state index in [1.807, 2.05) is 51.1 Å². The summed E-state index contributed by atoms with van der Waals surface area (Å²) in [6.07, 6.45) is 3.34. The van der Waals surface area contributed by atoms with Crippen molar-refractivity contribution in [1.82, 2.24) is 4.98 Å². The van der Waals surface area contributed by atoms with Gasteiger partial charge in [0, 0.05) is 24.8 Å².